The molecule has 0 saturated heterocycles. The molecule has 3 aromatic rings. The summed E-state index contributed by atoms with van der Waals surface area (Å²) in [6, 6.07) is 13.1. The van der Waals surface area contributed by atoms with Crippen LogP contribution in [0.25, 0.3) is 17.1 Å². The number of carbonyl (C=O) groups is 1. The van der Waals surface area contributed by atoms with E-state index < -0.39 is 5.97 Å². The predicted molar refractivity (Wildman–Crippen MR) is 94.0 cm³/mol. The molecule has 0 atom stereocenters. The number of aromatic nitrogens is 3. The number of hydrogen-bond donors (Lipinski definition) is 1. The highest BCUT2D eigenvalue weighted by Gasteiger charge is 2.13. The van der Waals surface area contributed by atoms with E-state index in [9.17, 15) is 9.90 Å². The third-order valence-electron chi connectivity index (χ3n) is 3.80. The van der Waals surface area contributed by atoms with Gasteiger partial charge >= 0.3 is 5.97 Å². The lowest BCUT2D eigenvalue weighted by atomic mass is 10.0. The first-order valence-corrected chi connectivity index (χ1v) is 7.97. The Morgan fingerprint density at radius 3 is 2.67 bits per heavy atom. The highest BCUT2D eigenvalue weighted by molar-refractivity contribution is 6.36. The maximum absolute atomic E-state index is 11.6. The summed E-state index contributed by atoms with van der Waals surface area (Å²) in [6.07, 6.45) is 1.92. The maximum Gasteiger partial charge on any atom is 0.331 e. The molecule has 0 aliphatic carbocycles. The second kappa shape index (κ2) is 6.84. The molecule has 0 aliphatic heterocycles. The van der Waals surface area contributed by atoms with E-state index in [4.69, 9.17) is 11.6 Å². The number of carboxylic acid groups (broad SMARTS) is 1. The van der Waals surface area contributed by atoms with Gasteiger partial charge in [0.1, 0.15) is 5.52 Å². The molecule has 0 fully saturated rings. The van der Waals surface area contributed by atoms with Crippen molar-refractivity contribution in [3.8, 4) is 0 Å². The molecular weight excluding hydrogens is 326 g/mol. The molecule has 2 aromatic carbocycles. The molecule has 5 nitrogen and oxygen atoms in total. The highest BCUT2D eigenvalue weighted by Crippen LogP contribution is 2.28. The van der Waals surface area contributed by atoms with Crippen LogP contribution in [0.3, 0.4) is 0 Å². The molecule has 1 aromatic heterocycles. The van der Waals surface area contributed by atoms with Gasteiger partial charge in [-0.3, -0.25) is 0 Å². The second-order valence-corrected chi connectivity index (χ2v) is 5.76. The SMILES string of the molecule is CCn1nnc2c(Cl)c(/C=C(\Cc3ccccc3)C(=O)O)ccc21. The summed E-state index contributed by atoms with van der Waals surface area (Å²) in [5.74, 6) is -0.966. The van der Waals surface area contributed by atoms with Gasteiger partial charge in [0.05, 0.1) is 10.5 Å². The maximum atomic E-state index is 11.6. The van der Waals surface area contributed by atoms with Crippen molar-refractivity contribution in [1.82, 2.24) is 15.0 Å². The zero-order valence-corrected chi connectivity index (χ0v) is 13.9. The van der Waals surface area contributed by atoms with Crippen LogP contribution in [0.15, 0.2) is 48.0 Å². The van der Waals surface area contributed by atoms with E-state index in [2.05, 4.69) is 10.3 Å². The lowest BCUT2D eigenvalue weighted by Crippen LogP contribution is -2.04. The molecule has 24 heavy (non-hydrogen) atoms. The van der Waals surface area contributed by atoms with E-state index in [0.29, 0.717) is 29.1 Å². The molecule has 0 amide bonds. The number of benzene rings is 2. The van der Waals surface area contributed by atoms with E-state index in [-0.39, 0.29) is 5.57 Å². The third-order valence-corrected chi connectivity index (χ3v) is 4.19. The lowest BCUT2D eigenvalue weighted by Gasteiger charge is -2.05. The average molecular weight is 342 g/mol. The first kappa shape index (κ1) is 16.2. The lowest BCUT2D eigenvalue weighted by molar-refractivity contribution is -0.132. The van der Waals surface area contributed by atoms with Crippen molar-refractivity contribution in [2.75, 3.05) is 0 Å². The Kier molecular flexibility index (Phi) is 4.62. The summed E-state index contributed by atoms with van der Waals surface area (Å²) < 4.78 is 1.75. The molecule has 122 valence electrons. The smallest absolute Gasteiger partial charge is 0.331 e. The number of rotatable bonds is 5. The Morgan fingerprint density at radius 2 is 2.00 bits per heavy atom. The molecule has 0 aliphatic rings. The molecule has 1 heterocycles. The Balaban J connectivity index is 2.02. The molecular formula is C18H16ClN3O2. The normalized spacial score (nSPS) is 11.8. The quantitative estimate of drug-likeness (QED) is 0.716. The van der Waals surface area contributed by atoms with Crippen molar-refractivity contribution in [1.29, 1.82) is 0 Å². The van der Waals surface area contributed by atoms with Crippen LogP contribution in [0.1, 0.15) is 18.1 Å². The Hall–Kier alpha value is -2.66. The van der Waals surface area contributed by atoms with Gasteiger partial charge < -0.3 is 5.11 Å². The number of fused-ring (bicyclic) bond motifs is 1. The summed E-state index contributed by atoms with van der Waals surface area (Å²) in [5.41, 5.74) is 3.24. The zero-order valence-electron chi connectivity index (χ0n) is 13.1. The van der Waals surface area contributed by atoms with E-state index in [0.717, 1.165) is 11.1 Å². The molecule has 0 radical (unpaired) electrons. The Labute approximate surface area is 144 Å². The largest absolute Gasteiger partial charge is 0.478 e. The topological polar surface area (TPSA) is 68.0 Å². The first-order chi connectivity index (χ1) is 11.6. The summed E-state index contributed by atoms with van der Waals surface area (Å²) in [6.45, 7) is 2.66. The van der Waals surface area contributed by atoms with Crippen molar-refractivity contribution in [2.24, 2.45) is 0 Å². The molecule has 0 bridgehead atoms. The standard InChI is InChI=1S/C18H16ClN3O2/c1-2-22-15-9-8-13(16(19)17(15)20-21-22)11-14(18(23)24)10-12-6-4-3-5-7-12/h3-9,11H,2,10H2,1H3,(H,23,24)/b14-11+. The number of halogens is 1. The van der Waals surface area contributed by atoms with E-state index in [1.807, 2.05) is 43.3 Å². The van der Waals surface area contributed by atoms with Crippen molar-refractivity contribution in [2.45, 2.75) is 19.9 Å². The van der Waals surface area contributed by atoms with Crippen molar-refractivity contribution in [3.63, 3.8) is 0 Å². The summed E-state index contributed by atoms with van der Waals surface area (Å²) >= 11 is 6.41. The number of carboxylic acids is 1. The number of hydrogen-bond acceptors (Lipinski definition) is 3. The highest BCUT2D eigenvalue weighted by atomic mass is 35.5. The molecule has 0 saturated carbocycles. The number of aryl methyl sites for hydroxylation is 1. The molecule has 3 rings (SSSR count). The van der Waals surface area contributed by atoms with Gasteiger partial charge in [-0.05, 0) is 30.2 Å². The summed E-state index contributed by atoms with van der Waals surface area (Å²) in [7, 11) is 0. The van der Waals surface area contributed by atoms with Crippen molar-refractivity contribution in [3.05, 3.63) is 64.2 Å². The minimum Gasteiger partial charge on any atom is -0.478 e. The van der Waals surface area contributed by atoms with Crippen LogP contribution in [0.2, 0.25) is 5.02 Å². The fourth-order valence-electron chi connectivity index (χ4n) is 2.56. The van der Waals surface area contributed by atoms with Crippen molar-refractivity contribution >= 4 is 34.7 Å². The Morgan fingerprint density at radius 1 is 1.25 bits per heavy atom. The predicted octanol–water partition coefficient (Wildman–Crippen LogP) is 3.82. The fraction of sp³-hybridized carbons (Fsp3) is 0.167. The van der Waals surface area contributed by atoms with Crippen LogP contribution < -0.4 is 0 Å². The first-order valence-electron chi connectivity index (χ1n) is 7.59. The van der Waals surface area contributed by atoms with Gasteiger partial charge in [0, 0.05) is 18.5 Å². The zero-order chi connectivity index (χ0) is 17.1. The van der Waals surface area contributed by atoms with E-state index >= 15 is 0 Å². The van der Waals surface area contributed by atoms with E-state index in [1.54, 1.807) is 16.8 Å². The Bertz CT molecular complexity index is 917. The third kappa shape index (κ3) is 3.16. The van der Waals surface area contributed by atoms with Crippen LogP contribution in [-0.2, 0) is 17.8 Å². The van der Waals surface area contributed by atoms with Crippen LogP contribution >= 0.6 is 11.6 Å². The average Bonchev–Trinajstić information content (AvgIpc) is 3.01. The minimum atomic E-state index is -0.966. The number of aliphatic carboxylic acids is 1. The van der Waals surface area contributed by atoms with Gasteiger partial charge in [-0.2, -0.15) is 0 Å². The van der Waals surface area contributed by atoms with Crippen LogP contribution in [-0.4, -0.2) is 26.1 Å². The summed E-state index contributed by atoms with van der Waals surface area (Å²) in [4.78, 5) is 11.6. The number of nitrogens with zero attached hydrogens (tertiary/aromatic N) is 3. The molecule has 0 unspecified atom stereocenters. The second-order valence-electron chi connectivity index (χ2n) is 5.38. The van der Waals surface area contributed by atoms with Gasteiger partial charge in [0.15, 0.2) is 0 Å². The monoisotopic (exact) mass is 341 g/mol. The minimum absolute atomic E-state index is 0.269. The van der Waals surface area contributed by atoms with Crippen molar-refractivity contribution < 1.29 is 9.90 Å². The fourth-order valence-corrected chi connectivity index (χ4v) is 2.81. The molecule has 1 N–H and O–H groups in total. The van der Waals surface area contributed by atoms with E-state index in [1.165, 1.54) is 0 Å². The van der Waals surface area contributed by atoms with Gasteiger partial charge in [-0.15, -0.1) is 5.10 Å². The molecule has 0 spiro atoms. The van der Waals surface area contributed by atoms with Crippen LogP contribution in [0.5, 0.6) is 0 Å². The van der Waals surface area contributed by atoms with Gasteiger partial charge in [0.25, 0.3) is 0 Å². The van der Waals surface area contributed by atoms with Gasteiger partial charge in [-0.1, -0.05) is 53.2 Å². The van der Waals surface area contributed by atoms with Crippen LogP contribution in [0, 0.1) is 0 Å². The van der Waals surface area contributed by atoms with Gasteiger partial charge in [0.2, 0.25) is 0 Å². The molecule has 6 heteroatoms. The summed E-state index contributed by atoms with van der Waals surface area (Å²) in [5, 5.41) is 18.0. The van der Waals surface area contributed by atoms with Crippen LogP contribution in [0.4, 0.5) is 0 Å². The van der Waals surface area contributed by atoms with Gasteiger partial charge in [-0.25, -0.2) is 9.48 Å².